The lowest BCUT2D eigenvalue weighted by Crippen LogP contribution is -2.57. The summed E-state index contributed by atoms with van der Waals surface area (Å²) in [5.74, 6) is -4.04. The molecule has 0 bridgehead atoms. The molecular formula is C19H32N4O7S. The predicted octanol–water partition coefficient (Wildman–Crippen LogP) is -0.800. The standard InChI is InChI=1S/C19H32N4O7S/c1-10(2)8-12(19(29)30)21-16(26)13(9-31)22-17(27)14-4-3-7-23(14)18(28)11(20)5-6-15(24)25/h10-14,31H,3-9,20H2,1-2H3,(H,21,26)(H,22,27)(H,24,25)(H,29,30). The Bertz CT molecular complexity index is 688. The van der Waals surface area contributed by atoms with E-state index in [1.807, 2.05) is 13.8 Å². The molecule has 0 aromatic rings. The zero-order valence-corrected chi connectivity index (χ0v) is 18.6. The molecule has 1 rings (SSSR count). The summed E-state index contributed by atoms with van der Waals surface area (Å²) in [7, 11) is 0. The van der Waals surface area contributed by atoms with Crippen LogP contribution >= 0.6 is 12.6 Å². The molecule has 176 valence electrons. The fraction of sp³-hybridized carbons (Fsp3) is 0.737. The van der Waals surface area contributed by atoms with Crippen molar-refractivity contribution in [1.82, 2.24) is 15.5 Å². The Kier molecular flexibility index (Phi) is 10.8. The Balaban J connectivity index is 2.77. The van der Waals surface area contributed by atoms with Gasteiger partial charge >= 0.3 is 11.9 Å². The minimum absolute atomic E-state index is 0.0360. The zero-order valence-electron chi connectivity index (χ0n) is 17.7. The molecule has 1 aliphatic rings. The Morgan fingerprint density at radius 1 is 1.13 bits per heavy atom. The van der Waals surface area contributed by atoms with Crippen molar-refractivity contribution in [3.8, 4) is 0 Å². The number of aliphatic carboxylic acids is 2. The number of carboxylic acid groups (broad SMARTS) is 2. The fourth-order valence-electron chi connectivity index (χ4n) is 3.35. The number of nitrogens with zero attached hydrogens (tertiary/aromatic N) is 1. The topological polar surface area (TPSA) is 179 Å². The van der Waals surface area contributed by atoms with Gasteiger partial charge in [0.25, 0.3) is 0 Å². The maximum Gasteiger partial charge on any atom is 0.326 e. The van der Waals surface area contributed by atoms with Crippen molar-refractivity contribution in [1.29, 1.82) is 0 Å². The van der Waals surface area contributed by atoms with Crippen LogP contribution in [0.4, 0.5) is 0 Å². The second-order valence-corrected chi connectivity index (χ2v) is 8.37. The minimum atomic E-state index is -1.17. The number of hydrogen-bond donors (Lipinski definition) is 6. The molecule has 3 amide bonds. The summed E-state index contributed by atoms with van der Waals surface area (Å²) in [4.78, 5) is 61.2. The molecule has 11 nitrogen and oxygen atoms in total. The number of carbonyl (C=O) groups is 5. The molecule has 0 aliphatic carbocycles. The highest BCUT2D eigenvalue weighted by atomic mass is 32.1. The van der Waals surface area contributed by atoms with Gasteiger partial charge in [0.15, 0.2) is 0 Å². The number of likely N-dealkylation sites (tertiary alicyclic amines) is 1. The van der Waals surface area contributed by atoms with E-state index in [1.165, 1.54) is 4.90 Å². The van der Waals surface area contributed by atoms with E-state index in [0.717, 1.165) is 0 Å². The molecule has 1 saturated heterocycles. The third kappa shape index (κ3) is 8.37. The number of thiol groups is 1. The fourth-order valence-corrected chi connectivity index (χ4v) is 3.60. The highest BCUT2D eigenvalue weighted by molar-refractivity contribution is 7.80. The van der Waals surface area contributed by atoms with Crippen LogP contribution in [0.5, 0.6) is 0 Å². The van der Waals surface area contributed by atoms with E-state index in [2.05, 4.69) is 23.3 Å². The number of nitrogens with one attached hydrogen (secondary N) is 2. The van der Waals surface area contributed by atoms with Crippen molar-refractivity contribution in [2.45, 2.75) is 70.1 Å². The number of nitrogens with two attached hydrogens (primary N) is 1. The molecular weight excluding hydrogens is 428 g/mol. The van der Waals surface area contributed by atoms with Crippen LogP contribution in [0, 0.1) is 5.92 Å². The predicted molar refractivity (Wildman–Crippen MR) is 114 cm³/mol. The van der Waals surface area contributed by atoms with E-state index in [1.54, 1.807) is 0 Å². The van der Waals surface area contributed by atoms with Crippen LogP contribution in [-0.4, -0.2) is 81.2 Å². The van der Waals surface area contributed by atoms with Gasteiger partial charge in [-0.1, -0.05) is 13.8 Å². The van der Waals surface area contributed by atoms with E-state index in [-0.39, 0.29) is 30.9 Å². The molecule has 0 radical (unpaired) electrons. The monoisotopic (exact) mass is 460 g/mol. The van der Waals surface area contributed by atoms with Gasteiger partial charge in [0.2, 0.25) is 17.7 Å². The van der Waals surface area contributed by atoms with Crippen LogP contribution in [-0.2, 0) is 24.0 Å². The van der Waals surface area contributed by atoms with Crippen molar-refractivity contribution in [3.63, 3.8) is 0 Å². The lowest BCUT2D eigenvalue weighted by molar-refractivity contribution is -0.143. The first-order valence-electron chi connectivity index (χ1n) is 10.2. The highest BCUT2D eigenvalue weighted by Gasteiger charge is 2.37. The van der Waals surface area contributed by atoms with Crippen molar-refractivity contribution < 1.29 is 34.2 Å². The van der Waals surface area contributed by atoms with Crippen molar-refractivity contribution in [2.75, 3.05) is 12.3 Å². The molecule has 0 saturated carbocycles. The van der Waals surface area contributed by atoms with E-state index in [0.29, 0.717) is 19.4 Å². The first kappa shape index (κ1) is 26.7. The largest absolute Gasteiger partial charge is 0.481 e. The Morgan fingerprint density at radius 3 is 2.29 bits per heavy atom. The van der Waals surface area contributed by atoms with Gasteiger partial charge < -0.3 is 31.5 Å². The lowest BCUT2D eigenvalue weighted by Gasteiger charge is -2.28. The molecule has 0 spiro atoms. The van der Waals surface area contributed by atoms with Crippen LogP contribution in [0.15, 0.2) is 0 Å². The van der Waals surface area contributed by atoms with Crippen molar-refractivity contribution in [2.24, 2.45) is 11.7 Å². The van der Waals surface area contributed by atoms with Gasteiger partial charge in [-0.25, -0.2) is 4.79 Å². The maximum absolute atomic E-state index is 12.7. The first-order valence-corrected chi connectivity index (χ1v) is 10.8. The van der Waals surface area contributed by atoms with Gasteiger partial charge in [0.1, 0.15) is 18.1 Å². The van der Waals surface area contributed by atoms with Gasteiger partial charge in [0.05, 0.1) is 6.04 Å². The lowest BCUT2D eigenvalue weighted by atomic mass is 10.0. The average molecular weight is 461 g/mol. The Morgan fingerprint density at radius 2 is 1.77 bits per heavy atom. The number of hydrogen-bond acceptors (Lipinski definition) is 7. The average Bonchev–Trinajstić information content (AvgIpc) is 3.18. The third-order valence-electron chi connectivity index (χ3n) is 4.96. The number of amides is 3. The number of rotatable bonds is 12. The molecule has 6 N–H and O–H groups in total. The molecule has 4 unspecified atom stereocenters. The summed E-state index contributed by atoms with van der Waals surface area (Å²) in [6.45, 7) is 3.95. The van der Waals surface area contributed by atoms with Crippen LogP contribution in [0.1, 0.15) is 46.0 Å². The van der Waals surface area contributed by atoms with E-state index < -0.39 is 53.8 Å². The van der Waals surface area contributed by atoms with Gasteiger partial charge in [-0.2, -0.15) is 12.6 Å². The van der Waals surface area contributed by atoms with E-state index >= 15 is 0 Å². The van der Waals surface area contributed by atoms with Gasteiger partial charge in [-0.3, -0.25) is 19.2 Å². The molecule has 4 atom stereocenters. The van der Waals surface area contributed by atoms with Crippen LogP contribution in [0.3, 0.4) is 0 Å². The summed E-state index contributed by atoms with van der Waals surface area (Å²) in [5.41, 5.74) is 5.79. The first-order chi connectivity index (χ1) is 14.5. The molecule has 0 aromatic carbocycles. The van der Waals surface area contributed by atoms with Crippen LogP contribution < -0.4 is 16.4 Å². The number of carbonyl (C=O) groups excluding carboxylic acids is 3. The summed E-state index contributed by atoms with van der Waals surface area (Å²) in [6.07, 6.45) is 0.846. The molecule has 12 heteroatoms. The van der Waals surface area contributed by atoms with Gasteiger partial charge in [-0.15, -0.1) is 0 Å². The highest BCUT2D eigenvalue weighted by Crippen LogP contribution is 2.19. The van der Waals surface area contributed by atoms with E-state index in [9.17, 15) is 29.1 Å². The number of carboxylic acids is 2. The summed E-state index contributed by atoms with van der Waals surface area (Å²) >= 11 is 4.08. The second-order valence-electron chi connectivity index (χ2n) is 8.00. The van der Waals surface area contributed by atoms with Crippen LogP contribution in [0.25, 0.3) is 0 Å². The summed E-state index contributed by atoms with van der Waals surface area (Å²) in [6, 6.07) is -4.06. The van der Waals surface area contributed by atoms with Crippen molar-refractivity contribution in [3.05, 3.63) is 0 Å². The van der Waals surface area contributed by atoms with Gasteiger partial charge in [0, 0.05) is 18.7 Å². The quantitative estimate of drug-likeness (QED) is 0.205. The maximum atomic E-state index is 12.7. The SMILES string of the molecule is CC(C)CC(NC(=O)C(CS)NC(=O)C1CCCN1C(=O)C(N)CCC(=O)O)C(=O)O. The zero-order chi connectivity index (χ0) is 23.7. The smallest absolute Gasteiger partial charge is 0.326 e. The molecule has 0 aromatic heterocycles. The van der Waals surface area contributed by atoms with Gasteiger partial charge in [-0.05, 0) is 31.6 Å². The molecule has 1 heterocycles. The van der Waals surface area contributed by atoms with Crippen LogP contribution in [0.2, 0.25) is 0 Å². The third-order valence-corrected chi connectivity index (χ3v) is 5.33. The van der Waals surface area contributed by atoms with Crippen molar-refractivity contribution >= 4 is 42.3 Å². The Labute approximate surface area is 186 Å². The minimum Gasteiger partial charge on any atom is -0.481 e. The molecule has 1 aliphatic heterocycles. The molecule has 1 fully saturated rings. The Hall–Kier alpha value is -2.34. The molecule has 31 heavy (non-hydrogen) atoms. The second kappa shape index (κ2) is 12.5. The van der Waals surface area contributed by atoms with E-state index in [4.69, 9.17) is 10.8 Å². The summed E-state index contributed by atoms with van der Waals surface area (Å²) in [5, 5.41) is 23.0. The summed E-state index contributed by atoms with van der Waals surface area (Å²) < 4.78 is 0. The normalized spacial score (nSPS) is 18.9.